The minimum absolute atomic E-state index is 0.0605. The fourth-order valence-corrected chi connectivity index (χ4v) is 2.71. The fraction of sp³-hybridized carbons (Fsp3) is 0.222. The Balaban J connectivity index is 1.82. The van der Waals surface area contributed by atoms with Gasteiger partial charge in [0, 0.05) is 24.4 Å². The van der Waals surface area contributed by atoms with E-state index in [4.69, 9.17) is 26.2 Å². The molecule has 2 heterocycles. The van der Waals surface area contributed by atoms with Crippen LogP contribution in [0, 0.1) is 0 Å². The highest BCUT2D eigenvalue weighted by atomic mass is 35.5. The van der Waals surface area contributed by atoms with E-state index in [0.29, 0.717) is 11.4 Å². The number of benzene rings is 1. The second-order valence-electron chi connectivity index (χ2n) is 5.74. The highest BCUT2D eigenvalue weighted by molar-refractivity contribution is 6.29. The third-order valence-electron chi connectivity index (χ3n) is 3.89. The molecule has 2 aromatic rings. The van der Waals surface area contributed by atoms with Crippen molar-refractivity contribution in [3.63, 3.8) is 0 Å². The first-order valence-corrected chi connectivity index (χ1v) is 8.65. The quantitative estimate of drug-likeness (QED) is 0.669. The van der Waals surface area contributed by atoms with Crippen molar-refractivity contribution in [3.05, 3.63) is 52.8 Å². The van der Waals surface area contributed by atoms with Crippen molar-refractivity contribution in [1.29, 1.82) is 0 Å². The topological polar surface area (TPSA) is 114 Å². The monoisotopic (exact) mass is 404 g/mol. The molecule has 1 aromatic carbocycles. The summed E-state index contributed by atoms with van der Waals surface area (Å²) < 4.78 is 10.4. The lowest BCUT2D eigenvalue weighted by molar-refractivity contribution is -0.136. The molecular weight excluding hydrogens is 388 g/mol. The second-order valence-corrected chi connectivity index (χ2v) is 6.13. The number of aliphatic hydroxyl groups is 1. The molecule has 0 aliphatic carbocycles. The number of rotatable bonds is 7. The first kappa shape index (κ1) is 19.6. The van der Waals surface area contributed by atoms with Gasteiger partial charge in [0.1, 0.15) is 11.4 Å². The molecule has 0 saturated carbocycles. The van der Waals surface area contributed by atoms with Gasteiger partial charge in [0.15, 0.2) is 5.15 Å². The third-order valence-corrected chi connectivity index (χ3v) is 4.09. The Kier molecular flexibility index (Phi) is 6.07. The molecule has 1 aliphatic rings. The maximum Gasteiger partial charge on any atom is 0.337 e. The van der Waals surface area contributed by atoms with Gasteiger partial charge in [0.25, 0.3) is 5.91 Å². The van der Waals surface area contributed by atoms with Crippen molar-refractivity contribution in [2.24, 2.45) is 0 Å². The number of anilines is 1. The number of halogens is 1. The summed E-state index contributed by atoms with van der Waals surface area (Å²) in [5, 5.41) is 19.8. The average Bonchev–Trinajstić information content (AvgIpc) is 3.00. The van der Waals surface area contributed by atoms with Crippen LogP contribution in [0.5, 0.6) is 11.6 Å². The number of amides is 1. The van der Waals surface area contributed by atoms with Crippen LogP contribution in [-0.4, -0.2) is 58.9 Å². The molecule has 10 heteroatoms. The van der Waals surface area contributed by atoms with Gasteiger partial charge in [-0.3, -0.25) is 4.79 Å². The number of ether oxygens (including phenoxy) is 2. The number of methoxy groups -OCH3 is 1. The lowest BCUT2D eigenvalue weighted by Gasteiger charge is -2.15. The number of aromatic nitrogens is 2. The van der Waals surface area contributed by atoms with E-state index in [0.717, 1.165) is 0 Å². The fourth-order valence-electron chi connectivity index (χ4n) is 2.61. The van der Waals surface area contributed by atoms with Gasteiger partial charge in [0.05, 0.1) is 25.8 Å². The minimum Gasteiger partial charge on any atom is -0.466 e. The largest absolute Gasteiger partial charge is 0.466 e. The van der Waals surface area contributed by atoms with Crippen LogP contribution in [-0.2, 0) is 14.3 Å². The van der Waals surface area contributed by atoms with E-state index in [1.54, 1.807) is 36.4 Å². The Hall–Kier alpha value is -3.17. The lowest BCUT2D eigenvalue weighted by atomic mass is 10.2. The molecule has 1 aromatic heterocycles. The van der Waals surface area contributed by atoms with Gasteiger partial charge < -0.3 is 24.8 Å². The second kappa shape index (κ2) is 8.68. The number of hydrogen-bond donors (Lipinski definition) is 2. The molecule has 0 saturated heterocycles. The van der Waals surface area contributed by atoms with Crippen LogP contribution < -0.4 is 10.1 Å². The average molecular weight is 405 g/mol. The SMILES string of the molecule is COC(=O)C1=C(Nc2cccc(Oc3ccc(Cl)nn3)c2)C(=O)N(CCO)C1. The molecule has 146 valence electrons. The number of nitrogens with zero attached hydrogens (tertiary/aromatic N) is 3. The van der Waals surface area contributed by atoms with Crippen LogP contribution in [0.2, 0.25) is 5.15 Å². The molecule has 0 unspecified atom stereocenters. The molecular formula is C18H17ClN4O5. The van der Waals surface area contributed by atoms with Crippen LogP contribution in [0.4, 0.5) is 5.69 Å². The maximum atomic E-state index is 12.6. The van der Waals surface area contributed by atoms with Crippen molar-refractivity contribution in [3.8, 4) is 11.6 Å². The van der Waals surface area contributed by atoms with E-state index in [2.05, 4.69) is 15.5 Å². The van der Waals surface area contributed by atoms with Crippen LogP contribution in [0.1, 0.15) is 0 Å². The zero-order valence-corrected chi connectivity index (χ0v) is 15.6. The number of hydrogen-bond acceptors (Lipinski definition) is 8. The molecule has 1 amide bonds. The number of aliphatic hydroxyl groups excluding tert-OH is 1. The minimum atomic E-state index is -0.611. The molecule has 0 spiro atoms. The zero-order valence-electron chi connectivity index (χ0n) is 14.9. The summed E-state index contributed by atoms with van der Waals surface area (Å²) in [5.74, 6) is -0.314. The molecule has 1 aliphatic heterocycles. The summed E-state index contributed by atoms with van der Waals surface area (Å²) in [7, 11) is 1.24. The molecule has 2 N–H and O–H groups in total. The third kappa shape index (κ3) is 4.38. The number of esters is 1. The Labute approximate surface area is 165 Å². The predicted octanol–water partition coefficient (Wildman–Crippen LogP) is 1.60. The summed E-state index contributed by atoms with van der Waals surface area (Å²) in [6, 6.07) is 9.88. The van der Waals surface area contributed by atoms with Gasteiger partial charge in [-0.25, -0.2) is 4.79 Å². The molecule has 28 heavy (non-hydrogen) atoms. The highest BCUT2D eigenvalue weighted by Crippen LogP contribution is 2.26. The van der Waals surface area contributed by atoms with E-state index in [1.807, 2.05) is 0 Å². The molecule has 3 rings (SSSR count). The van der Waals surface area contributed by atoms with Crippen molar-refractivity contribution in [2.45, 2.75) is 0 Å². The standard InChI is InChI=1S/C18H17ClN4O5/c1-27-18(26)13-10-23(7-8-24)17(25)16(13)20-11-3-2-4-12(9-11)28-15-6-5-14(19)21-22-15/h2-6,9,20,24H,7-8,10H2,1H3. The van der Waals surface area contributed by atoms with E-state index in [-0.39, 0.29) is 42.0 Å². The molecule has 0 bridgehead atoms. The van der Waals surface area contributed by atoms with Crippen LogP contribution >= 0.6 is 11.6 Å². The summed E-state index contributed by atoms with van der Waals surface area (Å²) >= 11 is 5.70. The molecule has 0 fully saturated rings. The smallest absolute Gasteiger partial charge is 0.337 e. The molecule has 0 radical (unpaired) electrons. The Morgan fingerprint density at radius 2 is 2.14 bits per heavy atom. The van der Waals surface area contributed by atoms with Gasteiger partial charge in [-0.1, -0.05) is 17.7 Å². The van der Waals surface area contributed by atoms with E-state index in [9.17, 15) is 9.59 Å². The molecule has 0 atom stereocenters. The number of nitrogens with one attached hydrogen (secondary N) is 1. The summed E-state index contributed by atoms with van der Waals surface area (Å²) in [6.45, 7) is -0.0349. The highest BCUT2D eigenvalue weighted by Gasteiger charge is 2.34. The van der Waals surface area contributed by atoms with E-state index >= 15 is 0 Å². The predicted molar refractivity (Wildman–Crippen MR) is 99.9 cm³/mol. The Morgan fingerprint density at radius 1 is 1.32 bits per heavy atom. The van der Waals surface area contributed by atoms with Gasteiger partial charge in [-0.2, -0.15) is 0 Å². The summed E-state index contributed by atoms with van der Waals surface area (Å²) in [5.41, 5.74) is 0.814. The summed E-state index contributed by atoms with van der Waals surface area (Å²) in [6.07, 6.45) is 0. The van der Waals surface area contributed by atoms with Gasteiger partial charge in [0.2, 0.25) is 5.88 Å². The van der Waals surface area contributed by atoms with Crippen molar-refractivity contribution < 1.29 is 24.2 Å². The van der Waals surface area contributed by atoms with Crippen LogP contribution in [0.15, 0.2) is 47.7 Å². The number of β-amino-alcohol motifs (C(OH)–C–C–N with tert-alkyl or cyclic N) is 1. The number of carbonyl (C=O) groups is 2. The van der Waals surface area contributed by atoms with Crippen molar-refractivity contribution in [2.75, 3.05) is 32.1 Å². The Morgan fingerprint density at radius 3 is 2.82 bits per heavy atom. The van der Waals surface area contributed by atoms with E-state index < -0.39 is 11.9 Å². The van der Waals surface area contributed by atoms with Crippen molar-refractivity contribution >= 4 is 29.2 Å². The summed E-state index contributed by atoms with van der Waals surface area (Å²) in [4.78, 5) is 26.0. The maximum absolute atomic E-state index is 12.6. The normalized spacial score (nSPS) is 13.7. The first-order chi connectivity index (χ1) is 13.5. The van der Waals surface area contributed by atoms with Crippen LogP contribution in [0.25, 0.3) is 0 Å². The first-order valence-electron chi connectivity index (χ1n) is 8.27. The van der Waals surface area contributed by atoms with Gasteiger partial charge in [-0.15, -0.1) is 10.2 Å². The van der Waals surface area contributed by atoms with Crippen LogP contribution in [0.3, 0.4) is 0 Å². The Bertz CT molecular complexity index is 916. The lowest BCUT2D eigenvalue weighted by Crippen LogP contribution is -2.31. The van der Waals surface area contributed by atoms with Gasteiger partial charge in [-0.05, 0) is 18.2 Å². The molecule has 9 nitrogen and oxygen atoms in total. The van der Waals surface area contributed by atoms with E-state index in [1.165, 1.54) is 12.0 Å². The van der Waals surface area contributed by atoms with Gasteiger partial charge >= 0.3 is 5.97 Å². The number of carbonyl (C=O) groups excluding carboxylic acids is 2. The van der Waals surface area contributed by atoms with Crippen molar-refractivity contribution in [1.82, 2.24) is 15.1 Å². The zero-order chi connectivity index (χ0) is 20.1.